The average molecular weight is 375 g/mol. The van der Waals surface area contributed by atoms with Gasteiger partial charge in [0.05, 0.1) is 17.4 Å². The van der Waals surface area contributed by atoms with E-state index in [0.717, 1.165) is 16.6 Å². The fourth-order valence-electron chi connectivity index (χ4n) is 2.94. The Balaban J connectivity index is 1.47. The molecule has 4 aromatic rings. The molecule has 4 rings (SSSR count). The summed E-state index contributed by atoms with van der Waals surface area (Å²) in [6.45, 7) is 1.82. The van der Waals surface area contributed by atoms with E-state index < -0.39 is 10.9 Å². The highest BCUT2D eigenvalue weighted by atomic mass is 16.2. The van der Waals surface area contributed by atoms with Crippen LogP contribution in [0.25, 0.3) is 11.0 Å². The van der Waals surface area contributed by atoms with Crippen molar-refractivity contribution in [1.29, 1.82) is 0 Å². The fraction of sp³-hybridized carbons (Fsp3) is 0.100. The van der Waals surface area contributed by atoms with Crippen LogP contribution in [0.2, 0.25) is 0 Å². The first kappa shape index (κ1) is 17.5. The van der Waals surface area contributed by atoms with Crippen molar-refractivity contribution in [1.82, 2.24) is 9.97 Å². The summed E-state index contributed by atoms with van der Waals surface area (Å²) in [6, 6.07) is 12.7. The number of carbonyl (C=O) groups excluding carboxylic acids is 1. The number of hydrogen-bond acceptors (Lipinski definition) is 6. The van der Waals surface area contributed by atoms with E-state index in [-0.39, 0.29) is 17.3 Å². The third kappa shape index (κ3) is 3.35. The van der Waals surface area contributed by atoms with E-state index in [1.54, 1.807) is 24.5 Å². The zero-order valence-corrected chi connectivity index (χ0v) is 15.0. The molecular formula is C20H17N5O3. The number of aromatic nitrogens is 2. The summed E-state index contributed by atoms with van der Waals surface area (Å²) < 4.78 is 0. The summed E-state index contributed by atoms with van der Waals surface area (Å²) >= 11 is 0. The van der Waals surface area contributed by atoms with Gasteiger partial charge in [-0.25, -0.2) is 4.98 Å². The van der Waals surface area contributed by atoms with Gasteiger partial charge in [0.1, 0.15) is 11.4 Å². The second-order valence-electron chi connectivity index (χ2n) is 6.40. The summed E-state index contributed by atoms with van der Waals surface area (Å²) in [7, 11) is 0. The van der Waals surface area contributed by atoms with Crippen molar-refractivity contribution < 1.29 is 4.79 Å². The van der Waals surface area contributed by atoms with Gasteiger partial charge in [-0.05, 0) is 35.9 Å². The number of aromatic amines is 1. The molecule has 1 amide bonds. The Labute approximate surface area is 159 Å². The first-order chi connectivity index (χ1) is 13.5. The number of amides is 1. The predicted molar refractivity (Wildman–Crippen MR) is 109 cm³/mol. The standard InChI is InChI=1S/C20H17N5O3/c1-11(26)24-13-4-2-12(3-5-13)9-21-17-18(20(28)19(17)27)25-14-6-7-15-16(8-14)23-10-22-15/h2-8,10,21,25H,9H2,1H3,(H,22,23)(H,24,26). The molecule has 0 spiro atoms. The SMILES string of the molecule is CC(=O)Nc1ccc(CNc2c(Nc3ccc4nc[nH]c4c3)c(=O)c2=O)cc1. The van der Waals surface area contributed by atoms with Crippen molar-refractivity contribution in [2.75, 3.05) is 16.0 Å². The number of nitrogens with one attached hydrogen (secondary N) is 4. The molecule has 3 aromatic carbocycles. The molecule has 0 saturated heterocycles. The molecule has 140 valence electrons. The van der Waals surface area contributed by atoms with E-state index in [0.29, 0.717) is 17.9 Å². The minimum absolute atomic E-state index is 0.140. The summed E-state index contributed by atoms with van der Waals surface area (Å²) in [5.74, 6) is -0.140. The Morgan fingerprint density at radius 1 is 1.00 bits per heavy atom. The second-order valence-corrected chi connectivity index (χ2v) is 6.40. The average Bonchev–Trinajstić information content (AvgIpc) is 3.15. The van der Waals surface area contributed by atoms with Crippen molar-refractivity contribution >= 4 is 39.7 Å². The van der Waals surface area contributed by atoms with Crippen LogP contribution in [0.5, 0.6) is 0 Å². The molecule has 0 bridgehead atoms. The van der Waals surface area contributed by atoms with E-state index >= 15 is 0 Å². The highest BCUT2D eigenvalue weighted by Gasteiger charge is 2.21. The molecule has 4 N–H and O–H groups in total. The third-order valence-corrected chi connectivity index (χ3v) is 4.34. The molecule has 0 fully saturated rings. The van der Waals surface area contributed by atoms with Crippen molar-refractivity contribution in [3.8, 4) is 0 Å². The Morgan fingerprint density at radius 3 is 2.46 bits per heavy atom. The van der Waals surface area contributed by atoms with Crippen molar-refractivity contribution in [3.63, 3.8) is 0 Å². The zero-order valence-electron chi connectivity index (χ0n) is 15.0. The summed E-state index contributed by atoms with van der Waals surface area (Å²) in [4.78, 5) is 42.1. The number of hydrogen-bond donors (Lipinski definition) is 4. The van der Waals surface area contributed by atoms with E-state index in [4.69, 9.17) is 0 Å². The van der Waals surface area contributed by atoms with Gasteiger partial charge >= 0.3 is 0 Å². The highest BCUT2D eigenvalue weighted by molar-refractivity contribution is 5.88. The van der Waals surface area contributed by atoms with Crippen LogP contribution in [0.4, 0.5) is 22.7 Å². The quantitative estimate of drug-likeness (QED) is 0.385. The van der Waals surface area contributed by atoms with Crippen molar-refractivity contribution in [2.45, 2.75) is 13.5 Å². The van der Waals surface area contributed by atoms with Gasteiger partial charge in [-0.15, -0.1) is 0 Å². The van der Waals surface area contributed by atoms with E-state index in [1.807, 2.05) is 24.3 Å². The molecule has 0 aliphatic heterocycles. The minimum atomic E-state index is -0.548. The van der Waals surface area contributed by atoms with Gasteiger partial charge < -0.3 is 20.9 Å². The number of imidazole rings is 1. The largest absolute Gasteiger partial charge is 0.376 e. The Morgan fingerprint density at radius 2 is 1.71 bits per heavy atom. The predicted octanol–water partition coefficient (Wildman–Crippen LogP) is 2.47. The lowest BCUT2D eigenvalue weighted by molar-refractivity contribution is -0.114. The van der Waals surface area contributed by atoms with Gasteiger partial charge in [-0.3, -0.25) is 14.4 Å². The number of nitrogens with zero attached hydrogens (tertiary/aromatic N) is 1. The van der Waals surface area contributed by atoms with Crippen LogP contribution in [0, 0.1) is 0 Å². The molecule has 28 heavy (non-hydrogen) atoms. The molecule has 1 aromatic heterocycles. The third-order valence-electron chi connectivity index (χ3n) is 4.34. The summed E-state index contributed by atoms with van der Waals surface area (Å²) in [5, 5.41) is 8.72. The van der Waals surface area contributed by atoms with Gasteiger partial charge in [-0.2, -0.15) is 0 Å². The number of anilines is 4. The normalized spacial score (nSPS) is 10.9. The van der Waals surface area contributed by atoms with Crippen LogP contribution in [0.15, 0.2) is 58.4 Å². The number of H-pyrrole nitrogens is 1. The van der Waals surface area contributed by atoms with Gasteiger partial charge in [0, 0.05) is 24.8 Å². The van der Waals surface area contributed by atoms with Gasteiger partial charge in [0.2, 0.25) is 5.91 Å². The molecule has 8 heteroatoms. The molecule has 0 unspecified atom stereocenters. The van der Waals surface area contributed by atoms with Gasteiger partial charge in [0.25, 0.3) is 10.9 Å². The molecule has 0 aliphatic rings. The molecule has 0 atom stereocenters. The maximum atomic E-state index is 12.0. The first-order valence-electron chi connectivity index (χ1n) is 8.65. The molecule has 1 heterocycles. The van der Waals surface area contributed by atoms with Crippen LogP contribution in [0.3, 0.4) is 0 Å². The van der Waals surface area contributed by atoms with E-state index in [2.05, 4.69) is 25.9 Å². The number of benzene rings is 2. The number of carbonyl (C=O) groups is 1. The van der Waals surface area contributed by atoms with Crippen LogP contribution in [-0.2, 0) is 11.3 Å². The van der Waals surface area contributed by atoms with Gasteiger partial charge in [0.15, 0.2) is 0 Å². The maximum absolute atomic E-state index is 12.0. The summed E-state index contributed by atoms with van der Waals surface area (Å²) in [5.41, 5.74) is 3.36. The zero-order chi connectivity index (χ0) is 19.7. The number of rotatable bonds is 6. The van der Waals surface area contributed by atoms with Gasteiger partial charge in [-0.1, -0.05) is 12.1 Å². The topological polar surface area (TPSA) is 116 Å². The van der Waals surface area contributed by atoms with Crippen LogP contribution < -0.4 is 26.8 Å². The van der Waals surface area contributed by atoms with Crippen LogP contribution >= 0.6 is 0 Å². The second kappa shape index (κ2) is 6.99. The molecule has 0 aliphatic carbocycles. The first-order valence-corrected chi connectivity index (χ1v) is 8.65. The lowest BCUT2D eigenvalue weighted by atomic mass is 10.1. The number of fused-ring (bicyclic) bond motifs is 1. The Bertz CT molecular complexity index is 1230. The van der Waals surface area contributed by atoms with E-state index in [9.17, 15) is 14.4 Å². The maximum Gasteiger partial charge on any atom is 0.253 e. The lowest BCUT2D eigenvalue weighted by Gasteiger charge is -2.15. The van der Waals surface area contributed by atoms with Crippen molar-refractivity contribution in [3.05, 3.63) is 74.8 Å². The Hall–Kier alpha value is -3.94. The minimum Gasteiger partial charge on any atom is -0.376 e. The summed E-state index contributed by atoms with van der Waals surface area (Å²) in [6.07, 6.45) is 1.59. The smallest absolute Gasteiger partial charge is 0.253 e. The highest BCUT2D eigenvalue weighted by Crippen LogP contribution is 2.23. The van der Waals surface area contributed by atoms with E-state index in [1.165, 1.54) is 6.92 Å². The van der Waals surface area contributed by atoms with Crippen molar-refractivity contribution in [2.24, 2.45) is 0 Å². The monoisotopic (exact) mass is 375 g/mol. The molecule has 0 radical (unpaired) electrons. The van der Waals surface area contributed by atoms with Crippen LogP contribution in [0.1, 0.15) is 12.5 Å². The Kier molecular flexibility index (Phi) is 4.36. The molecule has 8 nitrogen and oxygen atoms in total. The fourth-order valence-corrected chi connectivity index (χ4v) is 2.94. The lowest BCUT2D eigenvalue weighted by Crippen LogP contribution is -2.36. The van der Waals surface area contributed by atoms with Crippen LogP contribution in [-0.4, -0.2) is 15.9 Å². The molecular weight excluding hydrogens is 358 g/mol. The molecule has 0 saturated carbocycles.